The molecule has 0 saturated carbocycles. The molecule has 1 saturated heterocycles. The zero-order chi connectivity index (χ0) is 18.9. The minimum atomic E-state index is -3.42. The number of hydrogen-bond acceptors (Lipinski definition) is 4. The second-order valence-electron chi connectivity index (χ2n) is 7.58. The third kappa shape index (κ3) is 4.42. The van der Waals surface area contributed by atoms with Gasteiger partial charge in [-0.3, -0.25) is 9.58 Å². The third-order valence-electron chi connectivity index (χ3n) is 5.29. The van der Waals surface area contributed by atoms with Crippen LogP contribution < -0.4 is 4.72 Å². The Bertz CT molecular complexity index is 696. The summed E-state index contributed by atoms with van der Waals surface area (Å²) in [5.74, 6) is 0.719. The summed E-state index contributed by atoms with van der Waals surface area (Å²) < 4.78 is 30.7. The minimum absolute atomic E-state index is 0.0609. The van der Waals surface area contributed by atoms with E-state index in [9.17, 15) is 8.42 Å². The molecule has 0 amide bonds. The molecule has 144 valence electrons. The zero-order valence-electron chi connectivity index (χ0n) is 16.6. The van der Waals surface area contributed by atoms with E-state index in [2.05, 4.69) is 49.3 Å². The Morgan fingerprint density at radius 1 is 1.28 bits per heavy atom. The predicted octanol–water partition coefficient (Wildman–Crippen LogP) is 1.37. The molecular weight excluding hydrogens is 338 g/mol. The zero-order valence-corrected chi connectivity index (χ0v) is 17.4. The van der Waals surface area contributed by atoms with Gasteiger partial charge in [0.15, 0.2) is 0 Å². The number of rotatable bonds is 7. The van der Waals surface area contributed by atoms with Gasteiger partial charge in [-0.15, -0.1) is 0 Å². The second kappa shape index (κ2) is 7.73. The monoisotopic (exact) mass is 371 g/mol. The van der Waals surface area contributed by atoms with E-state index in [4.69, 9.17) is 0 Å². The smallest absolute Gasteiger partial charge is 0.279 e. The summed E-state index contributed by atoms with van der Waals surface area (Å²) in [6, 6.07) is -0.0609. The van der Waals surface area contributed by atoms with Crippen LogP contribution in [0.15, 0.2) is 0 Å². The third-order valence-corrected chi connectivity index (χ3v) is 6.85. The van der Waals surface area contributed by atoms with Crippen molar-refractivity contribution in [3.63, 3.8) is 0 Å². The standard InChI is InChI=1S/C17H33N5O2S/c1-8-22-14(5)16(13(4)18-22)10-21-9-15(12(2)3)17(11-21)19-25(23,24)20(6)7/h12,15,17,19H,8-11H2,1-7H3/t15-,17+/m0/s1. The maximum absolute atomic E-state index is 12.3. The molecule has 0 aromatic carbocycles. The van der Waals surface area contributed by atoms with Crippen LogP contribution in [0.4, 0.5) is 0 Å². The van der Waals surface area contributed by atoms with Gasteiger partial charge in [-0.2, -0.15) is 22.5 Å². The topological polar surface area (TPSA) is 70.5 Å². The summed E-state index contributed by atoms with van der Waals surface area (Å²) in [6.45, 7) is 13.9. The van der Waals surface area contributed by atoms with Crippen LogP contribution >= 0.6 is 0 Å². The normalized spacial score (nSPS) is 22.4. The summed E-state index contributed by atoms with van der Waals surface area (Å²) in [5.41, 5.74) is 3.54. The summed E-state index contributed by atoms with van der Waals surface area (Å²) in [5, 5.41) is 4.60. The number of aryl methyl sites for hydroxylation is 2. The Morgan fingerprint density at radius 2 is 1.92 bits per heavy atom. The van der Waals surface area contributed by atoms with Gasteiger partial charge in [-0.25, -0.2) is 0 Å². The number of aromatic nitrogens is 2. The van der Waals surface area contributed by atoms with Crippen LogP contribution in [-0.4, -0.2) is 60.6 Å². The van der Waals surface area contributed by atoms with Crippen LogP contribution in [0.1, 0.15) is 37.7 Å². The van der Waals surface area contributed by atoms with Crippen molar-refractivity contribution in [3.8, 4) is 0 Å². The lowest BCUT2D eigenvalue weighted by Crippen LogP contribution is -2.46. The molecule has 1 aromatic heterocycles. The molecule has 2 atom stereocenters. The molecule has 25 heavy (non-hydrogen) atoms. The average Bonchev–Trinajstić information content (AvgIpc) is 3.02. The van der Waals surface area contributed by atoms with Crippen molar-refractivity contribution in [2.75, 3.05) is 27.2 Å². The van der Waals surface area contributed by atoms with Gasteiger partial charge in [0.05, 0.1) is 5.69 Å². The largest absolute Gasteiger partial charge is 0.297 e. The van der Waals surface area contributed by atoms with E-state index >= 15 is 0 Å². The van der Waals surface area contributed by atoms with Gasteiger partial charge in [0.1, 0.15) is 0 Å². The Kier molecular flexibility index (Phi) is 6.30. The lowest BCUT2D eigenvalue weighted by atomic mass is 9.92. The van der Waals surface area contributed by atoms with Crippen LogP contribution in [0, 0.1) is 25.7 Å². The molecule has 7 nitrogen and oxygen atoms in total. The lowest BCUT2D eigenvalue weighted by Gasteiger charge is -2.24. The fraction of sp³-hybridized carbons (Fsp3) is 0.824. The van der Waals surface area contributed by atoms with Crippen molar-refractivity contribution in [3.05, 3.63) is 17.0 Å². The summed E-state index contributed by atoms with van der Waals surface area (Å²) in [4.78, 5) is 2.35. The Balaban J connectivity index is 2.16. The Labute approximate surface area is 152 Å². The molecule has 0 aliphatic carbocycles. The summed E-state index contributed by atoms with van der Waals surface area (Å²) >= 11 is 0. The first kappa shape index (κ1) is 20.4. The highest BCUT2D eigenvalue weighted by molar-refractivity contribution is 7.87. The molecule has 1 N–H and O–H groups in total. The van der Waals surface area contributed by atoms with Crippen molar-refractivity contribution in [2.45, 2.75) is 53.8 Å². The lowest BCUT2D eigenvalue weighted by molar-refractivity contribution is 0.295. The molecule has 1 aliphatic rings. The van der Waals surface area contributed by atoms with E-state index in [-0.39, 0.29) is 6.04 Å². The number of nitrogens with zero attached hydrogens (tertiary/aromatic N) is 4. The number of likely N-dealkylation sites (tertiary alicyclic amines) is 1. The highest BCUT2D eigenvalue weighted by Gasteiger charge is 2.37. The minimum Gasteiger partial charge on any atom is -0.297 e. The molecule has 1 aliphatic heterocycles. The highest BCUT2D eigenvalue weighted by Crippen LogP contribution is 2.27. The van der Waals surface area contributed by atoms with Gasteiger partial charge in [0, 0.05) is 57.6 Å². The fourth-order valence-corrected chi connectivity index (χ4v) is 4.48. The van der Waals surface area contributed by atoms with Crippen molar-refractivity contribution in [1.29, 1.82) is 0 Å². The molecular formula is C17H33N5O2S. The number of hydrogen-bond donors (Lipinski definition) is 1. The average molecular weight is 372 g/mol. The fourth-order valence-electron chi connectivity index (χ4n) is 3.63. The quantitative estimate of drug-likeness (QED) is 0.786. The van der Waals surface area contributed by atoms with Crippen molar-refractivity contribution in [2.24, 2.45) is 11.8 Å². The van der Waals surface area contributed by atoms with Crippen molar-refractivity contribution in [1.82, 2.24) is 23.7 Å². The van der Waals surface area contributed by atoms with E-state index in [1.807, 2.05) is 4.68 Å². The molecule has 0 unspecified atom stereocenters. The molecule has 2 rings (SSSR count). The Morgan fingerprint density at radius 3 is 2.40 bits per heavy atom. The van der Waals surface area contributed by atoms with Crippen LogP contribution in [0.3, 0.4) is 0 Å². The van der Waals surface area contributed by atoms with Crippen LogP contribution in [0.5, 0.6) is 0 Å². The molecule has 1 aromatic rings. The number of nitrogens with one attached hydrogen (secondary N) is 1. The van der Waals surface area contributed by atoms with Gasteiger partial charge in [0.2, 0.25) is 0 Å². The second-order valence-corrected chi connectivity index (χ2v) is 9.49. The maximum atomic E-state index is 12.3. The van der Waals surface area contributed by atoms with Gasteiger partial charge >= 0.3 is 0 Å². The maximum Gasteiger partial charge on any atom is 0.279 e. The van der Waals surface area contributed by atoms with E-state index in [1.165, 1.54) is 15.6 Å². The first-order valence-corrected chi connectivity index (χ1v) is 10.5. The Hall–Kier alpha value is -0.960. The first-order chi connectivity index (χ1) is 11.6. The summed E-state index contributed by atoms with van der Waals surface area (Å²) in [7, 11) is -0.299. The van der Waals surface area contributed by atoms with Crippen molar-refractivity contribution < 1.29 is 8.42 Å². The molecule has 2 heterocycles. The first-order valence-electron chi connectivity index (χ1n) is 9.01. The van der Waals surface area contributed by atoms with Gasteiger partial charge < -0.3 is 0 Å². The van der Waals surface area contributed by atoms with Gasteiger partial charge in [-0.1, -0.05) is 13.8 Å². The van der Waals surface area contributed by atoms with Gasteiger partial charge in [-0.05, 0) is 32.6 Å². The van der Waals surface area contributed by atoms with E-state index in [1.54, 1.807) is 14.1 Å². The SMILES string of the molecule is CCn1nc(C)c(CN2C[C@@H](NS(=O)(=O)N(C)C)[C@H](C(C)C)C2)c1C. The molecule has 0 bridgehead atoms. The van der Waals surface area contributed by atoms with Crippen molar-refractivity contribution >= 4 is 10.2 Å². The summed E-state index contributed by atoms with van der Waals surface area (Å²) in [6.07, 6.45) is 0. The molecule has 0 spiro atoms. The predicted molar refractivity (Wildman–Crippen MR) is 101 cm³/mol. The van der Waals surface area contributed by atoms with E-state index < -0.39 is 10.2 Å². The molecule has 1 fully saturated rings. The molecule has 8 heteroatoms. The van der Waals surface area contributed by atoms with Crippen LogP contribution in [0.2, 0.25) is 0 Å². The molecule has 0 radical (unpaired) electrons. The van der Waals surface area contributed by atoms with Crippen LogP contribution in [-0.2, 0) is 23.3 Å². The van der Waals surface area contributed by atoms with E-state index in [0.717, 1.165) is 31.9 Å². The van der Waals surface area contributed by atoms with Crippen LogP contribution in [0.25, 0.3) is 0 Å². The van der Waals surface area contributed by atoms with Gasteiger partial charge in [0.25, 0.3) is 10.2 Å². The highest BCUT2D eigenvalue weighted by atomic mass is 32.2. The van der Waals surface area contributed by atoms with E-state index in [0.29, 0.717) is 11.8 Å².